The van der Waals surface area contributed by atoms with Crippen LogP contribution in [0.1, 0.15) is 13.3 Å². The number of halogens is 1. The van der Waals surface area contributed by atoms with Crippen LogP contribution in [0.2, 0.25) is 5.02 Å². The number of nitrogens with one attached hydrogen (secondary N) is 1. The molecule has 0 unspecified atom stereocenters. The van der Waals surface area contributed by atoms with Crippen LogP contribution in [0.5, 0.6) is 5.75 Å². The molecule has 0 saturated heterocycles. The van der Waals surface area contributed by atoms with Gasteiger partial charge in [-0.15, -0.1) is 10.2 Å². The van der Waals surface area contributed by atoms with Gasteiger partial charge in [0.15, 0.2) is 4.34 Å². The third-order valence-corrected chi connectivity index (χ3v) is 4.52. The van der Waals surface area contributed by atoms with Crippen LogP contribution in [0.25, 0.3) is 0 Å². The summed E-state index contributed by atoms with van der Waals surface area (Å²) in [6.07, 6.45) is 1.08. The van der Waals surface area contributed by atoms with Crippen molar-refractivity contribution in [3.63, 3.8) is 0 Å². The minimum Gasteiger partial charge on any atom is -0.493 e. The number of hydrogen-bond donors (Lipinski definition) is 1. The molecule has 2 aromatic rings. The van der Waals surface area contributed by atoms with E-state index >= 15 is 0 Å². The molecule has 0 amide bonds. The Morgan fingerprint density at radius 2 is 2.30 bits per heavy atom. The molecule has 1 aromatic carbocycles. The Hall–Kier alpha value is -0.980. The summed E-state index contributed by atoms with van der Waals surface area (Å²) in [4.78, 5) is 0. The lowest BCUT2D eigenvalue weighted by molar-refractivity contribution is 0.344. The predicted molar refractivity (Wildman–Crippen MR) is 86.4 cm³/mol. The van der Waals surface area contributed by atoms with Crippen molar-refractivity contribution in [1.29, 1.82) is 0 Å². The van der Waals surface area contributed by atoms with Crippen molar-refractivity contribution in [2.45, 2.75) is 17.7 Å². The van der Waals surface area contributed by atoms with Gasteiger partial charge in [-0.3, -0.25) is 0 Å². The predicted octanol–water partition coefficient (Wildman–Crippen LogP) is 4.18. The first-order valence-electron chi connectivity index (χ1n) is 6.36. The van der Waals surface area contributed by atoms with Gasteiger partial charge in [-0.25, -0.2) is 0 Å². The lowest BCUT2D eigenvalue weighted by Gasteiger charge is -2.04. The Kier molecular flexibility index (Phi) is 6.42. The zero-order chi connectivity index (χ0) is 14.2. The summed E-state index contributed by atoms with van der Waals surface area (Å²) in [6, 6.07) is 7.41. The maximum atomic E-state index is 5.89. The molecule has 0 aliphatic carbocycles. The van der Waals surface area contributed by atoms with Gasteiger partial charge in [0, 0.05) is 17.3 Å². The third-order valence-electron chi connectivity index (χ3n) is 2.31. The van der Waals surface area contributed by atoms with Crippen LogP contribution in [0.4, 0.5) is 5.13 Å². The molecule has 0 aliphatic rings. The Bertz CT molecular complexity index is 536. The van der Waals surface area contributed by atoms with E-state index in [4.69, 9.17) is 16.3 Å². The summed E-state index contributed by atoms with van der Waals surface area (Å²) in [5, 5.41) is 13.0. The minimum absolute atomic E-state index is 0.613. The molecule has 0 saturated carbocycles. The molecule has 0 atom stereocenters. The molecule has 1 N–H and O–H groups in total. The summed E-state index contributed by atoms with van der Waals surface area (Å²) in [5.74, 6) is 1.62. The summed E-state index contributed by atoms with van der Waals surface area (Å²) in [5.41, 5.74) is 0. The van der Waals surface area contributed by atoms with Crippen LogP contribution in [-0.2, 0) is 0 Å². The van der Waals surface area contributed by atoms with Gasteiger partial charge < -0.3 is 10.1 Å². The number of thioether (sulfide) groups is 1. The molecule has 1 aromatic heterocycles. The van der Waals surface area contributed by atoms with Crippen molar-refractivity contribution in [3.05, 3.63) is 29.3 Å². The van der Waals surface area contributed by atoms with Crippen LogP contribution in [-0.4, -0.2) is 29.1 Å². The van der Waals surface area contributed by atoms with Gasteiger partial charge in [0.05, 0.1) is 6.61 Å². The highest BCUT2D eigenvalue weighted by molar-refractivity contribution is 8.01. The summed E-state index contributed by atoms with van der Waals surface area (Å²) < 4.78 is 6.57. The highest BCUT2D eigenvalue weighted by Crippen LogP contribution is 2.25. The number of anilines is 1. The van der Waals surface area contributed by atoms with Crippen molar-refractivity contribution < 1.29 is 4.74 Å². The fourth-order valence-electron chi connectivity index (χ4n) is 1.42. The zero-order valence-electron chi connectivity index (χ0n) is 11.1. The Balaban J connectivity index is 1.69. The highest BCUT2D eigenvalue weighted by atomic mass is 35.5. The molecule has 0 fully saturated rings. The molecular formula is C13H16ClN3OS2. The van der Waals surface area contributed by atoms with Gasteiger partial charge >= 0.3 is 0 Å². The quantitative estimate of drug-likeness (QED) is 0.581. The van der Waals surface area contributed by atoms with E-state index in [2.05, 4.69) is 22.4 Å². The lowest BCUT2D eigenvalue weighted by atomic mass is 10.3. The molecule has 1 heterocycles. The number of aromatic nitrogens is 2. The second-order valence-electron chi connectivity index (χ2n) is 3.95. The van der Waals surface area contributed by atoms with Gasteiger partial charge in [-0.2, -0.15) is 0 Å². The van der Waals surface area contributed by atoms with E-state index in [0.717, 1.165) is 33.9 Å². The number of benzene rings is 1. The molecule has 7 heteroatoms. The summed E-state index contributed by atoms with van der Waals surface area (Å²) in [6.45, 7) is 3.66. The number of nitrogens with zero attached hydrogens (tertiary/aromatic N) is 2. The van der Waals surface area contributed by atoms with E-state index in [-0.39, 0.29) is 0 Å². The van der Waals surface area contributed by atoms with Gasteiger partial charge in [0.2, 0.25) is 5.13 Å². The standard InChI is InChI=1S/C13H16ClN3OS2/c1-2-6-15-12-16-17-13(20-12)19-8-7-18-11-5-3-4-10(14)9-11/h3-5,9H,2,6-8H2,1H3,(H,15,16). The normalized spacial score (nSPS) is 10.5. The van der Waals surface area contributed by atoms with Gasteiger partial charge in [-0.1, -0.05) is 47.7 Å². The fourth-order valence-corrected chi connectivity index (χ4v) is 3.26. The maximum absolute atomic E-state index is 5.89. The molecule has 0 aliphatic heterocycles. The topological polar surface area (TPSA) is 47.0 Å². The van der Waals surface area contributed by atoms with E-state index < -0.39 is 0 Å². The average molecular weight is 330 g/mol. The van der Waals surface area contributed by atoms with E-state index in [0.29, 0.717) is 11.6 Å². The van der Waals surface area contributed by atoms with Crippen LogP contribution >= 0.6 is 34.7 Å². The molecule has 4 nitrogen and oxygen atoms in total. The third kappa shape index (κ3) is 5.19. The van der Waals surface area contributed by atoms with Crippen molar-refractivity contribution in [3.8, 4) is 5.75 Å². The van der Waals surface area contributed by atoms with E-state index in [1.54, 1.807) is 23.1 Å². The fraction of sp³-hybridized carbons (Fsp3) is 0.385. The minimum atomic E-state index is 0.613. The first-order chi connectivity index (χ1) is 9.78. The molecule has 0 spiro atoms. The smallest absolute Gasteiger partial charge is 0.206 e. The molecular weight excluding hydrogens is 314 g/mol. The van der Waals surface area contributed by atoms with Crippen molar-refractivity contribution in [2.24, 2.45) is 0 Å². The van der Waals surface area contributed by atoms with Gasteiger partial charge in [0.25, 0.3) is 0 Å². The maximum Gasteiger partial charge on any atom is 0.206 e. The molecule has 2 rings (SSSR count). The lowest BCUT2D eigenvalue weighted by Crippen LogP contribution is -1.99. The second-order valence-corrected chi connectivity index (χ2v) is 6.71. The van der Waals surface area contributed by atoms with Crippen LogP contribution in [0.15, 0.2) is 28.6 Å². The largest absolute Gasteiger partial charge is 0.493 e. The Labute approximate surface area is 131 Å². The highest BCUT2D eigenvalue weighted by Gasteiger charge is 2.04. The van der Waals surface area contributed by atoms with Crippen LogP contribution in [0.3, 0.4) is 0 Å². The molecule has 0 radical (unpaired) electrons. The number of hydrogen-bond acceptors (Lipinski definition) is 6. The second kappa shape index (κ2) is 8.34. The molecule has 0 bridgehead atoms. The summed E-state index contributed by atoms with van der Waals surface area (Å²) in [7, 11) is 0. The monoisotopic (exact) mass is 329 g/mol. The van der Waals surface area contributed by atoms with Crippen LogP contribution < -0.4 is 10.1 Å². The number of rotatable bonds is 8. The zero-order valence-corrected chi connectivity index (χ0v) is 13.5. The van der Waals surface area contributed by atoms with E-state index in [1.165, 1.54) is 0 Å². The Morgan fingerprint density at radius 3 is 3.10 bits per heavy atom. The van der Waals surface area contributed by atoms with E-state index in [1.807, 2.05) is 24.3 Å². The van der Waals surface area contributed by atoms with Crippen LogP contribution in [0, 0.1) is 0 Å². The first kappa shape index (κ1) is 15.4. The Morgan fingerprint density at radius 1 is 1.40 bits per heavy atom. The van der Waals surface area contributed by atoms with Gasteiger partial charge in [0.1, 0.15) is 5.75 Å². The van der Waals surface area contributed by atoms with Crippen molar-refractivity contribution >= 4 is 39.8 Å². The van der Waals surface area contributed by atoms with Crippen molar-refractivity contribution in [2.75, 3.05) is 24.2 Å². The summed E-state index contributed by atoms with van der Waals surface area (Å²) >= 11 is 9.11. The van der Waals surface area contributed by atoms with Crippen molar-refractivity contribution in [1.82, 2.24) is 10.2 Å². The SMILES string of the molecule is CCCNc1nnc(SCCOc2cccc(Cl)c2)s1. The molecule has 108 valence electrons. The first-order valence-corrected chi connectivity index (χ1v) is 8.54. The van der Waals surface area contributed by atoms with Gasteiger partial charge in [-0.05, 0) is 24.6 Å². The average Bonchev–Trinajstić information content (AvgIpc) is 2.89. The van der Waals surface area contributed by atoms with E-state index in [9.17, 15) is 0 Å². The number of ether oxygens (including phenoxy) is 1. The molecule has 20 heavy (non-hydrogen) atoms.